The summed E-state index contributed by atoms with van der Waals surface area (Å²) in [5, 5.41) is 10.7. The van der Waals surface area contributed by atoms with Gasteiger partial charge >= 0.3 is 0 Å². The molecule has 0 spiro atoms. The highest BCUT2D eigenvalue weighted by Crippen LogP contribution is 2.18. The minimum atomic E-state index is -0.370. The molecule has 0 saturated carbocycles. The molecule has 1 aromatic heterocycles. The van der Waals surface area contributed by atoms with Crippen LogP contribution in [0.2, 0.25) is 5.02 Å². The van der Waals surface area contributed by atoms with E-state index in [9.17, 15) is 5.11 Å². The number of rotatable bonds is 5. The number of aryl methyl sites for hydroxylation is 1. The summed E-state index contributed by atoms with van der Waals surface area (Å²) in [5.41, 5.74) is 2.15. The molecule has 1 aromatic carbocycles. The van der Waals surface area contributed by atoms with Gasteiger partial charge in [-0.3, -0.25) is 4.98 Å². The van der Waals surface area contributed by atoms with Crippen molar-refractivity contribution < 1.29 is 5.11 Å². The first-order valence-corrected chi connectivity index (χ1v) is 6.44. The molecule has 2 nitrogen and oxygen atoms in total. The highest BCUT2D eigenvalue weighted by Gasteiger charge is 2.08. The molecule has 1 heterocycles. The second-order valence-electron chi connectivity index (χ2n) is 4.35. The van der Waals surface area contributed by atoms with Crippen molar-refractivity contribution in [3.8, 4) is 0 Å². The van der Waals surface area contributed by atoms with Crippen LogP contribution in [-0.4, -0.2) is 16.2 Å². The molecule has 0 saturated heterocycles. The number of halogens is 1. The van der Waals surface area contributed by atoms with E-state index in [0.29, 0.717) is 6.42 Å². The molecule has 1 N–H and O–H groups in total. The fourth-order valence-corrected chi connectivity index (χ4v) is 2.11. The summed E-state index contributed by atoms with van der Waals surface area (Å²) in [6.45, 7) is 0. The zero-order valence-corrected chi connectivity index (χ0v) is 10.8. The summed E-state index contributed by atoms with van der Waals surface area (Å²) in [6, 6.07) is 11.6. The average molecular weight is 262 g/mol. The third-order valence-electron chi connectivity index (χ3n) is 2.90. The SMILES string of the molecule is OC(CCc1cccnc1)Cc1ccccc1Cl. The maximum Gasteiger partial charge on any atom is 0.0584 e. The normalized spacial score (nSPS) is 12.3. The van der Waals surface area contributed by atoms with Crippen LogP contribution in [0.3, 0.4) is 0 Å². The smallest absolute Gasteiger partial charge is 0.0584 e. The highest BCUT2D eigenvalue weighted by atomic mass is 35.5. The monoisotopic (exact) mass is 261 g/mol. The van der Waals surface area contributed by atoms with Crippen molar-refractivity contribution in [2.75, 3.05) is 0 Å². The van der Waals surface area contributed by atoms with Crippen molar-refractivity contribution in [2.45, 2.75) is 25.4 Å². The molecule has 0 aliphatic rings. The van der Waals surface area contributed by atoms with Gasteiger partial charge in [-0.15, -0.1) is 0 Å². The maximum absolute atomic E-state index is 10.0. The van der Waals surface area contributed by atoms with Crippen LogP contribution in [0.1, 0.15) is 17.5 Å². The minimum absolute atomic E-state index is 0.370. The van der Waals surface area contributed by atoms with Gasteiger partial charge in [0.05, 0.1) is 6.10 Å². The standard InChI is InChI=1S/C15H16ClNO/c16-15-6-2-1-5-13(15)10-14(18)8-7-12-4-3-9-17-11-12/h1-6,9,11,14,18H,7-8,10H2. The van der Waals surface area contributed by atoms with Crippen molar-refractivity contribution in [3.05, 3.63) is 64.9 Å². The Morgan fingerprint density at radius 3 is 2.72 bits per heavy atom. The Morgan fingerprint density at radius 2 is 2.00 bits per heavy atom. The molecule has 0 radical (unpaired) electrons. The summed E-state index contributed by atoms with van der Waals surface area (Å²) >= 11 is 6.06. The number of pyridine rings is 1. The Kier molecular flexibility index (Phi) is 4.73. The van der Waals surface area contributed by atoms with E-state index in [1.165, 1.54) is 0 Å². The van der Waals surface area contributed by atoms with Crippen LogP contribution >= 0.6 is 11.6 Å². The van der Waals surface area contributed by atoms with E-state index in [-0.39, 0.29) is 6.10 Å². The summed E-state index contributed by atoms with van der Waals surface area (Å²) in [6.07, 6.45) is 5.37. The number of hydrogen-bond donors (Lipinski definition) is 1. The predicted molar refractivity (Wildman–Crippen MR) is 73.7 cm³/mol. The summed E-state index contributed by atoms with van der Waals surface area (Å²) in [7, 11) is 0. The zero-order chi connectivity index (χ0) is 12.8. The number of benzene rings is 1. The molecule has 0 aliphatic heterocycles. The number of aliphatic hydroxyl groups is 1. The Labute approximate surface area is 112 Å². The first-order valence-electron chi connectivity index (χ1n) is 6.06. The maximum atomic E-state index is 10.0. The van der Waals surface area contributed by atoms with Gasteiger partial charge in [0, 0.05) is 17.4 Å². The Balaban J connectivity index is 1.86. The van der Waals surface area contributed by atoms with E-state index < -0.39 is 0 Å². The van der Waals surface area contributed by atoms with Gasteiger partial charge in [0.25, 0.3) is 0 Å². The van der Waals surface area contributed by atoms with Crippen molar-refractivity contribution in [1.29, 1.82) is 0 Å². The summed E-state index contributed by atoms with van der Waals surface area (Å²) in [5.74, 6) is 0. The lowest BCUT2D eigenvalue weighted by Crippen LogP contribution is -2.12. The largest absolute Gasteiger partial charge is 0.393 e. The average Bonchev–Trinajstić information content (AvgIpc) is 2.40. The summed E-state index contributed by atoms with van der Waals surface area (Å²) in [4.78, 5) is 4.06. The van der Waals surface area contributed by atoms with Gasteiger partial charge in [0.1, 0.15) is 0 Å². The molecule has 1 atom stereocenters. The van der Waals surface area contributed by atoms with Gasteiger partial charge in [-0.25, -0.2) is 0 Å². The van der Waals surface area contributed by atoms with Crippen molar-refractivity contribution in [1.82, 2.24) is 4.98 Å². The van der Waals surface area contributed by atoms with Crippen molar-refractivity contribution in [2.24, 2.45) is 0 Å². The lowest BCUT2D eigenvalue weighted by molar-refractivity contribution is 0.165. The van der Waals surface area contributed by atoms with Crippen LogP contribution in [0, 0.1) is 0 Å². The first-order chi connectivity index (χ1) is 8.75. The van der Waals surface area contributed by atoms with E-state index in [1.54, 1.807) is 6.20 Å². The van der Waals surface area contributed by atoms with Crippen LogP contribution < -0.4 is 0 Å². The van der Waals surface area contributed by atoms with E-state index in [0.717, 1.165) is 29.0 Å². The molecule has 2 rings (SSSR count). The molecule has 3 heteroatoms. The van der Waals surface area contributed by atoms with Gasteiger partial charge < -0.3 is 5.11 Å². The van der Waals surface area contributed by atoms with E-state index >= 15 is 0 Å². The van der Waals surface area contributed by atoms with Gasteiger partial charge in [-0.2, -0.15) is 0 Å². The quantitative estimate of drug-likeness (QED) is 0.896. The van der Waals surface area contributed by atoms with E-state index in [2.05, 4.69) is 4.98 Å². The van der Waals surface area contributed by atoms with Gasteiger partial charge in [0.2, 0.25) is 0 Å². The fourth-order valence-electron chi connectivity index (χ4n) is 1.90. The summed E-state index contributed by atoms with van der Waals surface area (Å²) < 4.78 is 0. The third-order valence-corrected chi connectivity index (χ3v) is 3.27. The van der Waals surface area contributed by atoms with Gasteiger partial charge in [-0.05, 0) is 42.5 Å². The van der Waals surface area contributed by atoms with Crippen LogP contribution in [0.4, 0.5) is 0 Å². The lowest BCUT2D eigenvalue weighted by atomic mass is 10.0. The number of hydrogen-bond acceptors (Lipinski definition) is 2. The number of aromatic nitrogens is 1. The molecule has 0 amide bonds. The van der Waals surface area contributed by atoms with Crippen molar-refractivity contribution in [3.63, 3.8) is 0 Å². The second-order valence-corrected chi connectivity index (χ2v) is 4.76. The first kappa shape index (κ1) is 13.1. The van der Waals surface area contributed by atoms with E-state index in [4.69, 9.17) is 11.6 Å². The molecule has 18 heavy (non-hydrogen) atoms. The molecule has 1 unspecified atom stereocenters. The number of aliphatic hydroxyl groups excluding tert-OH is 1. The molecule has 0 aliphatic carbocycles. The zero-order valence-electron chi connectivity index (χ0n) is 10.1. The highest BCUT2D eigenvalue weighted by molar-refractivity contribution is 6.31. The van der Waals surface area contributed by atoms with E-state index in [1.807, 2.05) is 42.6 Å². The van der Waals surface area contributed by atoms with Crippen LogP contribution in [0.25, 0.3) is 0 Å². The molecule has 2 aromatic rings. The second kappa shape index (κ2) is 6.53. The molecule has 0 bridgehead atoms. The molecular weight excluding hydrogens is 246 g/mol. The topological polar surface area (TPSA) is 33.1 Å². The van der Waals surface area contributed by atoms with Crippen LogP contribution in [0.5, 0.6) is 0 Å². The van der Waals surface area contributed by atoms with Gasteiger partial charge in [-0.1, -0.05) is 35.9 Å². The Hall–Kier alpha value is -1.38. The number of nitrogens with zero attached hydrogens (tertiary/aromatic N) is 1. The molecule has 94 valence electrons. The van der Waals surface area contributed by atoms with Gasteiger partial charge in [0.15, 0.2) is 0 Å². The lowest BCUT2D eigenvalue weighted by Gasteiger charge is -2.11. The minimum Gasteiger partial charge on any atom is -0.393 e. The third kappa shape index (κ3) is 3.83. The Bertz CT molecular complexity index is 487. The van der Waals surface area contributed by atoms with Crippen LogP contribution in [-0.2, 0) is 12.8 Å². The van der Waals surface area contributed by atoms with Crippen LogP contribution in [0.15, 0.2) is 48.8 Å². The van der Waals surface area contributed by atoms with Crippen molar-refractivity contribution >= 4 is 11.6 Å². The predicted octanol–water partition coefficient (Wildman–Crippen LogP) is 3.27. The molecule has 0 fully saturated rings. The fraction of sp³-hybridized carbons (Fsp3) is 0.267. The Morgan fingerprint density at radius 1 is 1.17 bits per heavy atom. The molecular formula is C15H16ClNO.